The summed E-state index contributed by atoms with van der Waals surface area (Å²) in [6.45, 7) is 3.03. The van der Waals surface area contributed by atoms with Crippen LogP contribution in [0.15, 0.2) is 84.0 Å². The quantitative estimate of drug-likeness (QED) is 0.551. The molecule has 0 unspecified atom stereocenters. The second-order valence-corrected chi connectivity index (χ2v) is 9.15. The third kappa shape index (κ3) is 3.39. The number of hydrogen-bond donors (Lipinski definition) is 0. The van der Waals surface area contributed by atoms with Crippen molar-refractivity contribution in [1.82, 2.24) is 9.91 Å². The molecule has 3 aliphatic rings. The minimum absolute atomic E-state index is 0.127. The van der Waals surface area contributed by atoms with Crippen LogP contribution in [0.3, 0.4) is 0 Å². The number of ether oxygens (including phenoxy) is 1. The lowest BCUT2D eigenvalue weighted by atomic mass is 9.90. The van der Waals surface area contributed by atoms with E-state index in [-0.39, 0.29) is 11.9 Å². The fourth-order valence-electron chi connectivity index (χ4n) is 5.39. The first kappa shape index (κ1) is 20.0. The standard InChI is InChI=1S/C28H27N3O2/c1-20(32)30-17-15-28(16-18-30)31-26(24-9-5-6-10-27(24)33-28)19-25(29-31)23-13-11-22(12-14-23)21-7-3-2-4-8-21/h2-14,26H,15-19H2,1H3/t26-/m0/s1. The monoisotopic (exact) mass is 437 g/mol. The smallest absolute Gasteiger partial charge is 0.219 e. The zero-order chi connectivity index (χ0) is 22.4. The van der Waals surface area contributed by atoms with Crippen molar-refractivity contribution in [3.05, 3.63) is 90.0 Å². The number of likely N-dealkylation sites (tertiary alicyclic amines) is 1. The Balaban J connectivity index is 1.34. The van der Waals surface area contributed by atoms with Crippen molar-refractivity contribution >= 4 is 11.6 Å². The van der Waals surface area contributed by atoms with Crippen LogP contribution in [0, 0.1) is 0 Å². The van der Waals surface area contributed by atoms with Crippen LogP contribution in [-0.4, -0.2) is 40.3 Å². The summed E-state index contributed by atoms with van der Waals surface area (Å²) in [6.07, 6.45) is 2.35. The van der Waals surface area contributed by atoms with E-state index in [0.29, 0.717) is 13.1 Å². The highest BCUT2D eigenvalue weighted by Crippen LogP contribution is 2.49. The number of benzene rings is 3. The van der Waals surface area contributed by atoms with Gasteiger partial charge >= 0.3 is 0 Å². The summed E-state index contributed by atoms with van der Waals surface area (Å²) in [6, 6.07) is 27.6. The molecule has 6 rings (SSSR count). The number of piperidine rings is 1. The van der Waals surface area contributed by atoms with Crippen LogP contribution >= 0.6 is 0 Å². The number of hydrogen-bond acceptors (Lipinski definition) is 4. The van der Waals surface area contributed by atoms with Gasteiger partial charge in [-0.25, -0.2) is 5.01 Å². The van der Waals surface area contributed by atoms with Crippen LogP contribution in [-0.2, 0) is 4.79 Å². The second kappa shape index (κ2) is 7.77. The Bertz CT molecular complexity index is 1210. The van der Waals surface area contributed by atoms with Crippen LogP contribution in [0.4, 0.5) is 0 Å². The first-order chi connectivity index (χ1) is 16.1. The minimum atomic E-state index is -0.503. The molecule has 1 amide bonds. The summed E-state index contributed by atoms with van der Waals surface area (Å²) in [5, 5.41) is 7.35. The van der Waals surface area contributed by atoms with Crippen molar-refractivity contribution in [2.45, 2.75) is 38.0 Å². The van der Waals surface area contributed by atoms with E-state index in [2.05, 4.69) is 71.7 Å². The number of carbonyl (C=O) groups is 1. The number of nitrogens with zero attached hydrogens (tertiary/aromatic N) is 3. The summed E-state index contributed by atoms with van der Waals surface area (Å²) < 4.78 is 6.64. The normalized spacial score (nSPS) is 20.6. The highest BCUT2D eigenvalue weighted by Gasteiger charge is 2.52. The van der Waals surface area contributed by atoms with Crippen LogP contribution in [0.5, 0.6) is 5.75 Å². The molecule has 33 heavy (non-hydrogen) atoms. The molecule has 0 radical (unpaired) electrons. The molecule has 5 nitrogen and oxygen atoms in total. The summed E-state index contributed by atoms with van der Waals surface area (Å²) >= 11 is 0. The van der Waals surface area contributed by atoms with Gasteiger partial charge in [0, 0.05) is 44.8 Å². The maximum Gasteiger partial charge on any atom is 0.219 e. The molecule has 1 fully saturated rings. The third-order valence-electron chi connectivity index (χ3n) is 7.22. The lowest BCUT2D eigenvalue weighted by molar-refractivity contribution is -0.158. The topological polar surface area (TPSA) is 45.1 Å². The van der Waals surface area contributed by atoms with Gasteiger partial charge in [-0.05, 0) is 22.8 Å². The second-order valence-electron chi connectivity index (χ2n) is 9.15. The van der Waals surface area contributed by atoms with E-state index in [9.17, 15) is 4.79 Å². The van der Waals surface area contributed by atoms with E-state index in [1.165, 1.54) is 16.7 Å². The van der Waals surface area contributed by atoms with Gasteiger partial charge in [0.15, 0.2) is 0 Å². The largest absolute Gasteiger partial charge is 0.466 e. The fourth-order valence-corrected chi connectivity index (χ4v) is 5.39. The summed E-state index contributed by atoms with van der Waals surface area (Å²) in [4.78, 5) is 13.8. The summed E-state index contributed by atoms with van der Waals surface area (Å²) in [5.41, 5.74) is 5.35. The summed E-state index contributed by atoms with van der Waals surface area (Å²) in [5.74, 6) is 1.08. The van der Waals surface area contributed by atoms with Crippen molar-refractivity contribution in [3.8, 4) is 16.9 Å². The zero-order valence-corrected chi connectivity index (χ0v) is 18.8. The van der Waals surface area contributed by atoms with Gasteiger partial charge in [-0.1, -0.05) is 72.8 Å². The molecule has 0 bridgehead atoms. The maximum atomic E-state index is 11.9. The predicted molar refractivity (Wildman–Crippen MR) is 129 cm³/mol. The van der Waals surface area contributed by atoms with Crippen molar-refractivity contribution in [1.29, 1.82) is 0 Å². The van der Waals surface area contributed by atoms with E-state index < -0.39 is 5.72 Å². The molecule has 5 heteroatoms. The number of para-hydroxylation sites is 1. The third-order valence-corrected chi connectivity index (χ3v) is 7.22. The maximum absolute atomic E-state index is 11.9. The van der Waals surface area contributed by atoms with E-state index >= 15 is 0 Å². The molecule has 1 saturated heterocycles. The number of rotatable bonds is 2. The molecule has 0 aromatic heterocycles. The van der Waals surface area contributed by atoms with Crippen molar-refractivity contribution in [2.75, 3.05) is 13.1 Å². The fraction of sp³-hybridized carbons (Fsp3) is 0.286. The van der Waals surface area contributed by atoms with E-state index in [1.807, 2.05) is 17.0 Å². The molecular weight excluding hydrogens is 410 g/mol. The van der Waals surface area contributed by atoms with Crippen LogP contribution in [0.1, 0.15) is 43.4 Å². The number of amides is 1. The van der Waals surface area contributed by atoms with Gasteiger partial charge in [0.25, 0.3) is 0 Å². The molecule has 1 atom stereocenters. The Kier molecular flexibility index (Phi) is 4.72. The van der Waals surface area contributed by atoms with Gasteiger partial charge in [0.2, 0.25) is 11.6 Å². The van der Waals surface area contributed by atoms with E-state index in [4.69, 9.17) is 9.84 Å². The molecule has 0 N–H and O–H groups in total. The first-order valence-electron chi connectivity index (χ1n) is 11.7. The molecular formula is C28H27N3O2. The lowest BCUT2D eigenvalue weighted by Crippen LogP contribution is -2.59. The highest BCUT2D eigenvalue weighted by atomic mass is 16.5. The number of carbonyl (C=O) groups excluding carboxylic acids is 1. The first-order valence-corrected chi connectivity index (χ1v) is 11.7. The molecule has 1 spiro atoms. The Morgan fingerprint density at radius 3 is 2.24 bits per heavy atom. The zero-order valence-electron chi connectivity index (χ0n) is 18.8. The van der Waals surface area contributed by atoms with Crippen LogP contribution in [0.2, 0.25) is 0 Å². The molecule has 3 aromatic carbocycles. The Hall–Kier alpha value is -3.60. The molecule has 3 heterocycles. The van der Waals surface area contributed by atoms with Crippen molar-refractivity contribution in [2.24, 2.45) is 5.10 Å². The molecule has 0 aliphatic carbocycles. The average Bonchev–Trinajstić information content (AvgIpc) is 3.32. The Labute approximate surface area is 194 Å². The van der Waals surface area contributed by atoms with Gasteiger partial charge in [0.1, 0.15) is 5.75 Å². The highest BCUT2D eigenvalue weighted by molar-refractivity contribution is 6.02. The molecule has 3 aromatic rings. The van der Waals surface area contributed by atoms with Gasteiger partial charge in [0.05, 0.1) is 11.8 Å². The van der Waals surface area contributed by atoms with E-state index in [1.54, 1.807) is 6.92 Å². The molecule has 166 valence electrons. The lowest BCUT2D eigenvalue weighted by Gasteiger charge is -2.51. The van der Waals surface area contributed by atoms with E-state index in [0.717, 1.165) is 36.3 Å². The molecule has 3 aliphatic heterocycles. The van der Waals surface area contributed by atoms with Gasteiger partial charge < -0.3 is 9.64 Å². The Morgan fingerprint density at radius 2 is 1.52 bits per heavy atom. The van der Waals surface area contributed by atoms with Gasteiger partial charge in [-0.2, -0.15) is 5.10 Å². The van der Waals surface area contributed by atoms with Crippen LogP contribution < -0.4 is 4.74 Å². The van der Waals surface area contributed by atoms with Gasteiger partial charge in [-0.15, -0.1) is 0 Å². The average molecular weight is 438 g/mol. The van der Waals surface area contributed by atoms with Crippen molar-refractivity contribution in [3.63, 3.8) is 0 Å². The van der Waals surface area contributed by atoms with Crippen molar-refractivity contribution < 1.29 is 9.53 Å². The number of fused-ring (bicyclic) bond motifs is 4. The Morgan fingerprint density at radius 1 is 0.879 bits per heavy atom. The number of hydrazone groups is 1. The SMILES string of the molecule is CC(=O)N1CCC2(CC1)Oc1ccccc1[C@@H]1CC(c3ccc(-c4ccccc4)cc3)=NN12. The predicted octanol–water partition coefficient (Wildman–Crippen LogP) is 5.24. The minimum Gasteiger partial charge on any atom is -0.466 e. The van der Waals surface area contributed by atoms with Crippen LogP contribution in [0.25, 0.3) is 11.1 Å². The van der Waals surface area contributed by atoms with Gasteiger partial charge in [-0.3, -0.25) is 4.79 Å². The molecule has 0 saturated carbocycles. The summed E-state index contributed by atoms with van der Waals surface area (Å²) in [7, 11) is 0.